The Morgan fingerprint density at radius 3 is 1.92 bits per heavy atom. The van der Waals surface area contributed by atoms with E-state index in [1.165, 1.54) is 0 Å². The van der Waals surface area contributed by atoms with Crippen LogP contribution in [-0.2, 0) is 14.3 Å². The van der Waals surface area contributed by atoms with Crippen LogP contribution in [0.3, 0.4) is 0 Å². The second-order valence-corrected chi connectivity index (χ2v) is 7.64. The lowest BCUT2D eigenvalue weighted by Crippen LogP contribution is -2.26. The van der Waals surface area contributed by atoms with Gasteiger partial charge in [0.15, 0.2) is 0 Å². The molecule has 0 fully saturated rings. The van der Waals surface area contributed by atoms with Gasteiger partial charge in [0.1, 0.15) is 0 Å². The molecular weight excluding hydrogens is 328 g/mol. The van der Waals surface area contributed by atoms with Gasteiger partial charge in [-0.3, -0.25) is 9.59 Å². The van der Waals surface area contributed by atoms with Crippen LogP contribution in [-0.4, -0.2) is 23.7 Å². The van der Waals surface area contributed by atoms with Gasteiger partial charge >= 0.3 is 11.9 Å². The van der Waals surface area contributed by atoms with Crippen LogP contribution in [0.15, 0.2) is 24.3 Å². The van der Waals surface area contributed by atoms with Crippen LogP contribution in [0.25, 0.3) is 0 Å². The molecule has 26 heavy (non-hydrogen) atoms. The van der Waals surface area contributed by atoms with E-state index in [2.05, 4.69) is 6.92 Å². The van der Waals surface area contributed by atoms with Gasteiger partial charge in [-0.15, -0.1) is 0 Å². The average molecular weight is 363 g/mol. The first-order valence-electron chi connectivity index (χ1n) is 9.79. The van der Waals surface area contributed by atoms with E-state index in [0.29, 0.717) is 6.61 Å². The van der Waals surface area contributed by atoms with Crippen molar-refractivity contribution in [3.8, 4) is 0 Å². The number of carbonyl (C=O) groups is 2. The number of hydrogen-bond donors (Lipinski definition) is 1. The highest BCUT2D eigenvalue weighted by molar-refractivity contribution is 5.82. The molecule has 4 nitrogen and oxygen atoms in total. The number of hydrogen-bond acceptors (Lipinski definition) is 3. The van der Waals surface area contributed by atoms with Crippen molar-refractivity contribution in [2.24, 2.45) is 11.8 Å². The van der Waals surface area contributed by atoms with Gasteiger partial charge in [-0.1, -0.05) is 78.1 Å². The fraction of sp³-hybridized carbons (Fsp3) is 0.636. The lowest BCUT2D eigenvalue weighted by Gasteiger charge is -2.26. The summed E-state index contributed by atoms with van der Waals surface area (Å²) in [5.74, 6) is -2.23. The van der Waals surface area contributed by atoms with E-state index < -0.39 is 17.8 Å². The largest absolute Gasteiger partial charge is 0.481 e. The fourth-order valence-electron chi connectivity index (χ4n) is 3.40. The molecule has 1 aromatic rings. The molecule has 0 aliphatic rings. The molecule has 0 amide bonds. The number of esters is 1. The van der Waals surface area contributed by atoms with Crippen LogP contribution in [0.2, 0.25) is 0 Å². The SMILES string of the molecule is CCCCCCOC(=O)C(c1ccccc1C(C(=O)O)C(C)C)C(C)C. The zero-order valence-electron chi connectivity index (χ0n) is 16.8. The smallest absolute Gasteiger partial charge is 0.313 e. The van der Waals surface area contributed by atoms with Crippen LogP contribution in [0, 0.1) is 11.8 Å². The van der Waals surface area contributed by atoms with E-state index in [-0.39, 0.29) is 17.8 Å². The first kappa shape index (κ1) is 22.2. The lowest BCUT2D eigenvalue weighted by atomic mass is 9.78. The van der Waals surface area contributed by atoms with Gasteiger partial charge in [0.25, 0.3) is 0 Å². The van der Waals surface area contributed by atoms with Crippen LogP contribution in [0.4, 0.5) is 0 Å². The molecule has 1 N–H and O–H groups in total. The predicted molar refractivity (Wildman–Crippen MR) is 104 cm³/mol. The summed E-state index contributed by atoms with van der Waals surface area (Å²) in [5, 5.41) is 9.69. The molecule has 0 radical (unpaired) electrons. The summed E-state index contributed by atoms with van der Waals surface area (Å²) in [6, 6.07) is 7.40. The van der Waals surface area contributed by atoms with Gasteiger partial charge in [-0.05, 0) is 29.4 Å². The zero-order valence-corrected chi connectivity index (χ0v) is 16.8. The predicted octanol–water partition coefficient (Wildman–Crippen LogP) is 5.37. The van der Waals surface area contributed by atoms with Gasteiger partial charge in [-0.2, -0.15) is 0 Å². The topological polar surface area (TPSA) is 63.6 Å². The van der Waals surface area contributed by atoms with E-state index in [1.807, 2.05) is 52.0 Å². The highest BCUT2D eigenvalue weighted by Gasteiger charge is 2.33. The van der Waals surface area contributed by atoms with Crippen molar-refractivity contribution in [3.05, 3.63) is 35.4 Å². The molecule has 0 aromatic heterocycles. The van der Waals surface area contributed by atoms with Gasteiger partial charge in [0, 0.05) is 0 Å². The minimum Gasteiger partial charge on any atom is -0.481 e. The molecule has 0 spiro atoms. The molecule has 0 saturated heterocycles. The molecule has 1 aromatic carbocycles. The number of carboxylic acid groups (broad SMARTS) is 1. The highest BCUT2D eigenvalue weighted by atomic mass is 16.5. The molecule has 4 heteroatoms. The van der Waals surface area contributed by atoms with Crippen LogP contribution < -0.4 is 0 Å². The van der Waals surface area contributed by atoms with Gasteiger partial charge < -0.3 is 9.84 Å². The number of carboxylic acids is 1. The Balaban J connectivity index is 3.07. The maximum Gasteiger partial charge on any atom is 0.313 e. The molecule has 0 aliphatic carbocycles. The quantitative estimate of drug-likeness (QED) is 0.424. The Bertz CT molecular complexity index is 577. The molecular formula is C22H34O4. The van der Waals surface area contributed by atoms with Crippen LogP contribution >= 0.6 is 0 Å². The molecule has 2 atom stereocenters. The van der Waals surface area contributed by atoms with Crippen LogP contribution in [0.5, 0.6) is 0 Å². The van der Waals surface area contributed by atoms with Crippen molar-refractivity contribution < 1.29 is 19.4 Å². The summed E-state index contributed by atoms with van der Waals surface area (Å²) in [4.78, 5) is 24.6. The Morgan fingerprint density at radius 1 is 0.923 bits per heavy atom. The molecule has 1 rings (SSSR count). The fourth-order valence-corrected chi connectivity index (χ4v) is 3.40. The number of ether oxygens (including phenoxy) is 1. The van der Waals surface area contributed by atoms with Crippen molar-refractivity contribution in [2.75, 3.05) is 6.61 Å². The van der Waals surface area contributed by atoms with Crippen molar-refractivity contribution in [3.63, 3.8) is 0 Å². The Hall–Kier alpha value is -1.84. The molecule has 0 bridgehead atoms. The summed E-state index contributed by atoms with van der Waals surface area (Å²) in [5.41, 5.74) is 1.50. The molecule has 146 valence electrons. The number of benzene rings is 1. The van der Waals surface area contributed by atoms with Gasteiger partial charge in [0.05, 0.1) is 18.4 Å². The van der Waals surface area contributed by atoms with Crippen LogP contribution in [0.1, 0.15) is 83.3 Å². The maximum atomic E-state index is 12.8. The second kappa shape index (κ2) is 11.0. The summed E-state index contributed by atoms with van der Waals surface area (Å²) in [6.45, 7) is 10.3. The first-order chi connectivity index (χ1) is 12.3. The summed E-state index contributed by atoms with van der Waals surface area (Å²) in [7, 11) is 0. The molecule has 0 aliphatic heterocycles. The third-order valence-electron chi connectivity index (χ3n) is 4.76. The van der Waals surface area contributed by atoms with E-state index in [1.54, 1.807) is 0 Å². The maximum absolute atomic E-state index is 12.8. The third kappa shape index (κ3) is 6.15. The lowest BCUT2D eigenvalue weighted by molar-refractivity contribution is -0.147. The van der Waals surface area contributed by atoms with Crippen molar-refractivity contribution >= 4 is 11.9 Å². The Labute approximate surface area is 158 Å². The second-order valence-electron chi connectivity index (χ2n) is 7.64. The molecule has 2 unspecified atom stereocenters. The van der Waals surface area contributed by atoms with E-state index in [4.69, 9.17) is 4.74 Å². The van der Waals surface area contributed by atoms with Crippen molar-refractivity contribution in [1.29, 1.82) is 0 Å². The third-order valence-corrected chi connectivity index (χ3v) is 4.76. The standard InChI is InChI=1S/C22H34O4/c1-6-7-8-11-14-26-22(25)20(16(4)5)18-13-10-9-12-17(18)19(15(2)3)21(23)24/h9-10,12-13,15-16,19-20H,6-8,11,14H2,1-5H3,(H,23,24). The normalized spacial score (nSPS) is 13.7. The number of rotatable bonds is 11. The van der Waals surface area contributed by atoms with Crippen molar-refractivity contribution in [2.45, 2.75) is 72.1 Å². The Kier molecular flexibility index (Phi) is 9.39. The minimum atomic E-state index is -0.858. The summed E-state index contributed by atoms with van der Waals surface area (Å²) in [6.07, 6.45) is 4.21. The summed E-state index contributed by atoms with van der Waals surface area (Å²) < 4.78 is 5.54. The number of carbonyl (C=O) groups excluding carboxylic acids is 1. The molecule has 0 saturated carbocycles. The number of aliphatic carboxylic acids is 1. The van der Waals surface area contributed by atoms with Gasteiger partial charge in [-0.25, -0.2) is 0 Å². The molecule has 0 heterocycles. The first-order valence-corrected chi connectivity index (χ1v) is 9.79. The average Bonchev–Trinajstić information content (AvgIpc) is 2.55. The number of unbranched alkanes of at least 4 members (excludes halogenated alkanes) is 3. The van der Waals surface area contributed by atoms with E-state index in [9.17, 15) is 14.7 Å². The van der Waals surface area contributed by atoms with Gasteiger partial charge in [0.2, 0.25) is 0 Å². The highest BCUT2D eigenvalue weighted by Crippen LogP contribution is 2.35. The van der Waals surface area contributed by atoms with E-state index in [0.717, 1.165) is 36.8 Å². The Morgan fingerprint density at radius 2 is 1.46 bits per heavy atom. The minimum absolute atomic E-state index is 0.0286. The zero-order chi connectivity index (χ0) is 19.7. The van der Waals surface area contributed by atoms with E-state index >= 15 is 0 Å². The summed E-state index contributed by atoms with van der Waals surface area (Å²) >= 11 is 0. The van der Waals surface area contributed by atoms with Crippen molar-refractivity contribution in [1.82, 2.24) is 0 Å². The monoisotopic (exact) mass is 362 g/mol.